The van der Waals surface area contributed by atoms with Gasteiger partial charge in [-0.25, -0.2) is 0 Å². The maximum atomic E-state index is 10.9. The third-order valence-electron chi connectivity index (χ3n) is 2.38. The normalized spacial score (nSPS) is 19.1. The minimum atomic E-state index is -0.402. The molecule has 1 aliphatic rings. The average Bonchev–Trinajstić information content (AvgIpc) is 2.61. The van der Waals surface area contributed by atoms with Gasteiger partial charge in [0.25, 0.3) is 5.91 Å². The molecule has 0 spiro atoms. The second-order valence-corrected chi connectivity index (χ2v) is 3.49. The van der Waals surface area contributed by atoms with Crippen LogP contribution in [0.3, 0.4) is 0 Å². The van der Waals surface area contributed by atoms with Crippen LogP contribution < -0.4 is 5.73 Å². The van der Waals surface area contributed by atoms with Crippen molar-refractivity contribution in [1.29, 1.82) is 0 Å². The van der Waals surface area contributed by atoms with Crippen LogP contribution in [0.2, 0.25) is 0 Å². The van der Waals surface area contributed by atoms with Crippen molar-refractivity contribution < 1.29 is 4.79 Å². The van der Waals surface area contributed by atoms with Crippen LogP contribution >= 0.6 is 0 Å². The van der Waals surface area contributed by atoms with Crippen molar-refractivity contribution in [2.75, 3.05) is 0 Å². The summed E-state index contributed by atoms with van der Waals surface area (Å²) >= 11 is 0. The Morgan fingerprint density at radius 2 is 2.42 bits per heavy atom. The van der Waals surface area contributed by atoms with Crippen molar-refractivity contribution in [2.24, 2.45) is 5.73 Å². The van der Waals surface area contributed by atoms with Crippen LogP contribution in [0, 0.1) is 0 Å². The van der Waals surface area contributed by atoms with Gasteiger partial charge >= 0.3 is 0 Å². The first-order valence-electron chi connectivity index (χ1n) is 3.98. The standard InChI is InChI=1S/C8H11N3O/c1-8(3-4-8)11-6(7(9)12)2-5-10-11/h2,5H,3-4H2,1H3,(H2,9,12). The van der Waals surface area contributed by atoms with Crippen molar-refractivity contribution in [3.8, 4) is 0 Å². The highest BCUT2D eigenvalue weighted by molar-refractivity contribution is 5.91. The van der Waals surface area contributed by atoms with Gasteiger partial charge in [-0.3, -0.25) is 9.48 Å². The first-order chi connectivity index (χ1) is 5.63. The molecule has 1 heterocycles. The van der Waals surface area contributed by atoms with Crippen LogP contribution in [0.4, 0.5) is 0 Å². The molecular formula is C8H11N3O. The number of aromatic nitrogens is 2. The SMILES string of the molecule is CC1(n2nccc2C(N)=O)CC1. The van der Waals surface area contributed by atoms with E-state index in [4.69, 9.17) is 5.73 Å². The molecule has 64 valence electrons. The van der Waals surface area contributed by atoms with E-state index in [1.807, 2.05) is 0 Å². The fourth-order valence-electron chi connectivity index (χ4n) is 1.31. The predicted octanol–water partition coefficient (Wildman–Crippen LogP) is 0.491. The zero-order valence-electron chi connectivity index (χ0n) is 6.95. The third-order valence-corrected chi connectivity index (χ3v) is 2.38. The summed E-state index contributed by atoms with van der Waals surface area (Å²) in [6.07, 6.45) is 3.77. The average molecular weight is 165 g/mol. The van der Waals surface area contributed by atoms with Gasteiger partial charge in [-0.15, -0.1) is 0 Å². The van der Waals surface area contributed by atoms with Crippen molar-refractivity contribution in [2.45, 2.75) is 25.3 Å². The largest absolute Gasteiger partial charge is 0.364 e. The molecule has 0 aromatic carbocycles. The summed E-state index contributed by atoms with van der Waals surface area (Å²) in [4.78, 5) is 10.9. The van der Waals surface area contributed by atoms with Crippen LogP contribution in [0.25, 0.3) is 0 Å². The number of rotatable bonds is 2. The lowest BCUT2D eigenvalue weighted by Crippen LogP contribution is -2.23. The van der Waals surface area contributed by atoms with Crippen molar-refractivity contribution >= 4 is 5.91 Å². The number of nitrogens with zero attached hydrogens (tertiary/aromatic N) is 2. The Labute approximate surface area is 70.4 Å². The molecule has 1 fully saturated rings. The lowest BCUT2D eigenvalue weighted by Gasteiger charge is -2.11. The van der Waals surface area contributed by atoms with Crippen molar-refractivity contribution in [3.63, 3.8) is 0 Å². The molecule has 2 N–H and O–H groups in total. The van der Waals surface area contributed by atoms with E-state index in [2.05, 4.69) is 12.0 Å². The van der Waals surface area contributed by atoms with E-state index in [0.717, 1.165) is 12.8 Å². The second-order valence-electron chi connectivity index (χ2n) is 3.49. The van der Waals surface area contributed by atoms with Crippen molar-refractivity contribution in [3.05, 3.63) is 18.0 Å². The Balaban J connectivity index is 2.43. The minimum Gasteiger partial charge on any atom is -0.364 e. The fraction of sp³-hybridized carbons (Fsp3) is 0.500. The van der Waals surface area contributed by atoms with E-state index in [1.54, 1.807) is 16.9 Å². The molecule has 4 nitrogen and oxygen atoms in total. The van der Waals surface area contributed by atoms with Gasteiger partial charge in [-0.2, -0.15) is 5.10 Å². The van der Waals surface area contributed by atoms with Gasteiger partial charge in [0.05, 0.1) is 5.54 Å². The molecule has 1 amide bonds. The summed E-state index contributed by atoms with van der Waals surface area (Å²) in [6.45, 7) is 2.08. The Morgan fingerprint density at radius 1 is 1.75 bits per heavy atom. The van der Waals surface area contributed by atoms with Gasteiger partial charge in [0.15, 0.2) is 0 Å². The highest BCUT2D eigenvalue weighted by Gasteiger charge is 2.41. The number of amides is 1. The number of primary amides is 1. The van der Waals surface area contributed by atoms with Gasteiger partial charge < -0.3 is 5.73 Å². The van der Waals surface area contributed by atoms with E-state index in [0.29, 0.717) is 5.69 Å². The number of carbonyl (C=O) groups excluding carboxylic acids is 1. The number of nitrogens with two attached hydrogens (primary N) is 1. The Hall–Kier alpha value is -1.32. The summed E-state index contributed by atoms with van der Waals surface area (Å²) in [7, 11) is 0. The number of hydrogen-bond donors (Lipinski definition) is 1. The first kappa shape index (κ1) is 7.34. The second kappa shape index (κ2) is 2.09. The zero-order chi connectivity index (χ0) is 8.77. The van der Waals surface area contributed by atoms with E-state index in [-0.39, 0.29) is 5.54 Å². The van der Waals surface area contributed by atoms with Gasteiger partial charge in [0.2, 0.25) is 0 Å². The van der Waals surface area contributed by atoms with Crippen LogP contribution in [-0.4, -0.2) is 15.7 Å². The molecule has 0 bridgehead atoms. The first-order valence-corrected chi connectivity index (χ1v) is 3.98. The Bertz CT molecular complexity index is 325. The molecule has 0 radical (unpaired) electrons. The van der Waals surface area contributed by atoms with E-state index in [9.17, 15) is 4.79 Å². The monoisotopic (exact) mass is 165 g/mol. The van der Waals surface area contributed by atoms with Gasteiger partial charge in [-0.1, -0.05) is 0 Å². The maximum Gasteiger partial charge on any atom is 0.266 e. The quantitative estimate of drug-likeness (QED) is 0.693. The molecule has 1 saturated carbocycles. The van der Waals surface area contributed by atoms with Gasteiger partial charge in [0.1, 0.15) is 5.69 Å². The molecule has 0 saturated heterocycles. The molecule has 0 atom stereocenters. The molecule has 0 aliphatic heterocycles. The highest BCUT2D eigenvalue weighted by Crippen LogP contribution is 2.42. The van der Waals surface area contributed by atoms with Gasteiger partial charge in [-0.05, 0) is 25.8 Å². The summed E-state index contributed by atoms with van der Waals surface area (Å²) < 4.78 is 1.73. The predicted molar refractivity (Wildman–Crippen MR) is 43.6 cm³/mol. The molecule has 12 heavy (non-hydrogen) atoms. The van der Waals surface area contributed by atoms with Crippen LogP contribution in [0.15, 0.2) is 12.3 Å². The third kappa shape index (κ3) is 0.913. The Kier molecular flexibility index (Phi) is 1.28. The molecule has 2 rings (SSSR count). The maximum absolute atomic E-state index is 10.9. The van der Waals surface area contributed by atoms with E-state index in [1.165, 1.54) is 0 Å². The van der Waals surface area contributed by atoms with Crippen LogP contribution in [0.5, 0.6) is 0 Å². The topological polar surface area (TPSA) is 60.9 Å². The van der Waals surface area contributed by atoms with E-state index < -0.39 is 5.91 Å². The summed E-state index contributed by atoms with van der Waals surface area (Å²) in [5, 5.41) is 4.09. The molecule has 1 aromatic heterocycles. The number of hydrogen-bond acceptors (Lipinski definition) is 2. The Morgan fingerprint density at radius 3 is 2.92 bits per heavy atom. The highest BCUT2D eigenvalue weighted by atomic mass is 16.1. The molecule has 1 aromatic rings. The lowest BCUT2D eigenvalue weighted by molar-refractivity contribution is 0.0986. The smallest absolute Gasteiger partial charge is 0.266 e. The summed E-state index contributed by atoms with van der Waals surface area (Å²) in [6, 6.07) is 1.66. The molecular weight excluding hydrogens is 154 g/mol. The molecule has 1 aliphatic carbocycles. The molecule has 0 unspecified atom stereocenters. The van der Waals surface area contributed by atoms with Crippen LogP contribution in [0.1, 0.15) is 30.3 Å². The van der Waals surface area contributed by atoms with Crippen LogP contribution in [-0.2, 0) is 5.54 Å². The van der Waals surface area contributed by atoms with Crippen molar-refractivity contribution in [1.82, 2.24) is 9.78 Å². The lowest BCUT2D eigenvalue weighted by atomic mass is 10.3. The number of carbonyl (C=O) groups is 1. The summed E-state index contributed by atoms with van der Waals surface area (Å²) in [5.41, 5.74) is 5.74. The molecule has 4 heteroatoms. The summed E-state index contributed by atoms with van der Waals surface area (Å²) in [5.74, 6) is -0.402. The minimum absolute atomic E-state index is 0.0495. The fourth-order valence-corrected chi connectivity index (χ4v) is 1.31. The van der Waals surface area contributed by atoms with Gasteiger partial charge in [0, 0.05) is 6.20 Å². The van der Waals surface area contributed by atoms with E-state index >= 15 is 0 Å². The zero-order valence-corrected chi connectivity index (χ0v) is 6.95.